The Bertz CT molecular complexity index is 623. The number of thiophene rings is 1. The topological polar surface area (TPSA) is 41.1 Å². The molecule has 2 atom stereocenters. The summed E-state index contributed by atoms with van der Waals surface area (Å²) in [6.07, 6.45) is 1.78. The van der Waals surface area contributed by atoms with E-state index in [1.54, 1.807) is 11.3 Å². The Morgan fingerprint density at radius 1 is 1.35 bits per heavy atom. The predicted molar refractivity (Wildman–Crippen MR) is 98.3 cm³/mol. The molecule has 1 aromatic carbocycles. The molecule has 0 saturated carbocycles. The third-order valence-corrected chi connectivity index (χ3v) is 5.38. The van der Waals surface area contributed by atoms with Crippen LogP contribution >= 0.6 is 23.7 Å². The molecule has 1 aliphatic heterocycles. The quantitative estimate of drug-likeness (QED) is 0.866. The Morgan fingerprint density at radius 2 is 2.13 bits per heavy atom. The van der Waals surface area contributed by atoms with Gasteiger partial charge in [0.2, 0.25) is 5.91 Å². The lowest BCUT2D eigenvalue weighted by molar-refractivity contribution is -0.125. The second-order valence-electron chi connectivity index (χ2n) is 5.91. The number of aryl methyl sites for hydroxylation is 1. The van der Waals surface area contributed by atoms with E-state index in [2.05, 4.69) is 53.3 Å². The van der Waals surface area contributed by atoms with E-state index in [9.17, 15) is 4.79 Å². The second-order valence-corrected chi connectivity index (χ2v) is 6.86. The van der Waals surface area contributed by atoms with Gasteiger partial charge in [-0.25, -0.2) is 0 Å². The molecule has 0 bridgehead atoms. The van der Waals surface area contributed by atoms with Crippen LogP contribution in [0.5, 0.6) is 0 Å². The second kappa shape index (κ2) is 8.48. The third kappa shape index (κ3) is 4.56. The smallest absolute Gasteiger partial charge is 0.224 e. The van der Waals surface area contributed by atoms with Crippen LogP contribution in [0.15, 0.2) is 41.8 Å². The van der Waals surface area contributed by atoms with Crippen LogP contribution in [0.3, 0.4) is 0 Å². The van der Waals surface area contributed by atoms with Crippen molar-refractivity contribution in [2.24, 2.45) is 5.92 Å². The molecule has 0 radical (unpaired) electrons. The first kappa shape index (κ1) is 18.0. The molecular weight excluding hydrogens is 328 g/mol. The van der Waals surface area contributed by atoms with Crippen LogP contribution in [0, 0.1) is 12.8 Å². The lowest BCUT2D eigenvalue weighted by Gasteiger charge is -2.21. The van der Waals surface area contributed by atoms with Crippen LogP contribution in [-0.2, 0) is 11.2 Å². The van der Waals surface area contributed by atoms with Gasteiger partial charge in [0.15, 0.2) is 0 Å². The summed E-state index contributed by atoms with van der Waals surface area (Å²) in [5, 5.41) is 8.65. The molecule has 0 aliphatic carbocycles. The molecule has 2 unspecified atom stereocenters. The van der Waals surface area contributed by atoms with E-state index < -0.39 is 0 Å². The number of hydrogen-bond acceptors (Lipinski definition) is 3. The number of amides is 1. The third-order valence-electron chi connectivity index (χ3n) is 4.25. The van der Waals surface area contributed by atoms with E-state index in [1.165, 1.54) is 16.0 Å². The first-order valence-electron chi connectivity index (χ1n) is 7.83. The van der Waals surface area contributed by atoms with Gasteiger partial charge in [-0.2, -0.15) is 0 Å². The van der Waals surface area contributed by atoms with Crippen molar-refractivity contribution in [2.45, 2.75) is 25.8 Å². The maximum absolute atomic E-state index is 12.5. The van der Waals surface area contributed by atoms with Crippen molar-refractivity contribution < 1.29 is 4.79 Å². The largest absolute Gasteiger partial charge is 0.348 e. The molecular formula is C18H23ClN2OS. The van der Waals surface area contributed by atoms with Crippen molar-refractivity contribution in [3.8, 4) is 0 Å². The van der Waals surface area contributed by atoms with Crippen LogP contribution in [0.25, 0.3) is 0 Å². The zero-order valence-electron chi connectivity index (χ0n) is 13.2. The summed E-state index contributed by atoms with van der Waals surface area (Å²) in [6, 6.07) is 12.6. The van der Waals surface area contributed by atoms with Gasteiger partial charge >= 0.3 is 0 Å². The number of halogens is 1. The van der Waals surface area contributed by atoms with Gasteiger partial charge in [0.1, 0.15) is 0 Å². The van der Waals surface area contributed by atoms with E-state index in [0.717, 1.165) is 25.9 Å². The Labute approximate surface area is 147 Å². The summed E-state index contributed by atoms with van der Waals surface area (Å²) in [7, 11) is 0. The number of nitrogens with one attached hydrogen (secondary N) is 2. The minimum absolute atomic E-state index is 0. The van der Waals surface area contributed by atoms with Crippen molar-refractivity contribution in [1.29, 1.82) is 0 Å². The fourth-order valence-corrected chi connectivity index (χ4v) is 3.95. The van der Waals surface area contributed by atoms with Gasteiger partial charge in [-0.15, -0.1) is 23.7 Å². The molecule has 1 saturated heterocycles. The molecule has 1 amide bonds. The fourth-order valence-electron chi connectivity index (χ4n) is 2.97. The summed E-state index contributed by atoms with van der Waals surface area (Å²) >= 11 is 1.73. The molecule has 2 N–H and O–H groups in total. The summed E-state index contributed by atoms with van der Waals surface area (Å²) in [5.74, 6) is 0.289. The zero-order chi connectivity index (χ0) is 15.4. The fraction of sp³-hybridized carbons (Fsp3) is 0.389. The van der Waals surface area contributed by atoms with Crippen molar-refractivity contribution in [3.63, 3.8) is 0 Å². The molecule has 124 valence electrons. The summed E-state index contributed by atoms with van der Waals surface area (Å²) < 4.78 is 0. The normalized spacial score (nSPS) is 18.2. The average molecular weight is 351 g/mol. The molecule has 1 aliphatic rings. The zero-order valence-corrected chi connectivity index (χ0v) is 14.9. The standard InChI is InChI=1S/C18H22N2OS.ClH/c1-13-8-10-22-17(13)16(11-14-5-3-2-4-6-14)20-18(21)15-7-9-19-12-15;/h2-6,8,10,15-16,19H,7,9,11-12H2,1H3,(H,20,21);1H. The van der Waals surface area contributed by atoms with Gasteiger partial charge < -0.3 is 10.6 Å². The first-order chi connectivity index (χ1) is 10.7. The minimum Gasteiger partial charge on any atom is -0.348 e. The summed E-state index contributed by atoms with van der Waals surface area (Å²) in [4.78, 5) is 13.8. The van der Waals surface area contributed by atoms with Crippen molar-refractivity contribution in [3.05, 3.63) is 57.8 Å². The van der Waals surface area contributed by atoms with E-state index in [4.69, 9.17) is 0 Å². The van der Waals surface area contributed by atoms with Gasteiger partial charge in [0.05, 0.1) is 12.0 Å². The molecule has 1 aromatic heterocycles. The lowest BCUT2D eigenvalue weighted by Crippen LogP contribution is -2.35. The van der Waals surface area contributed by atoms with Gasteiger partial charge in [-0.1, -0.05) is 30.3 Å². The van der Waals surface area contributed by atoms with Crippen molar-refractivity contribution in [1.82, 2.24) is 10.6 Å². The van der Waals surface area contributed by atoms with E-state index >= 15 is 0 Å². The predicted octanol–water partition coefficient (Wildman–Crippen LogP) is 3.49. The summed E-state index contributed by atoms with van der Waals surface area (Å²) in [5.41, 5.74) is 2.51. The summed E-state index contributed by atoms with van der Waals surface area (Å²) in [6.45, 7) is 3.86. The molecule has 3 rings (SSSR count). The van der Waals surface area contributed by atoms with Gasteiger partial charge in [-0.05, 0) is 48.9 Å². The Kier molecular flexibility index (Phi) is 6.63. The molecule has 3 nitrogen and oxygen atoms in total. The number of rotatable bonds is 5. The Hall–Kier alpha value is -1.36. The monoisotopic (exact) mass is 350 g/mol. The highest BCUT2D eigenvalue weighted by Crippen LogP contribution is 2.27. The SMILES string of the molecule is Cc1ccsc1C(Cc1ccccc1)NC(=O)C1CCNC1.Cl. The van der Waals surface area contributed by atoms with Gasteiger partial charge in [0, 0.05) is 11.4 Å². The van der Waals surface area contributed by atoms with Crippen molar-refractivity contribution in [2.75, 3.05) is 13.1 Å². The van der Waals surface area contributed by atoms with Crippen LogP contribution in [0.1, 0.15) is 28.5 Å². The molecule has 5 heteroatoms. The number of hydrogen-bond donors (Lipinski definition) is 2. The first-order valence-corrected chi connectivity index (χ1v) is 8.71. The van der Waals surface area contributed by atoms with Gasteiger partial charge in [-0.3, -0.25) is 4.79 Å². The number of benzene rings is 1. The van der Waals surface area contributed by atoms with E-state index in [1.807, 2.05) is 6.07 Å². The van der Waals surface area contributed by atoms with E-state index in [0.29, 0.717) is 0 Å². The molecule has 2 aromatic rings. The molecule has 2 heterocycles. The highest BCUT2D eigenvalue weighted by atomic mass is 35.5. The van der Waals surface area contributed by atoms with Crippen molar-refractivity contribution >= 4 is 29.7 Å². The van der Waals surface area contributed by atoms with Crippen LogP contribution in [0.4, 0.5) is 0 Å². The molecule has 23 heavy (non-hydrogen) atoms. The minimum atomic E-state index is 0. The average Bonchev–Trinajstić information content (AvgIpc) is 3.19. The van der Waals surface area contributed by atoms with Crippen LogP contribution < -0.4 is 10.6 Å². The number of carbonyl (C=O) groups excluding carboxylic acids is 1. The Balaban J connectivity index is 0.00000192. The number of carbonyl (C=O) groups is 1. The highest BCUT2D eigenvalue weighted by molar-refractivity contribution is 7.10. The molecule has 1 fully saturated rings. The Morgan fingerprint density at radius 3 is 2.74 bits per heavy atom. The maximum atomic E-state index is 12.5. The van der Waals surface area contributed by atoms with Gasteiger partial charge in [0.25, 0.3) is 0 Å². The highest BCUT2D eigenvalue weighted by Gasteiger charge is 2.26. The lowest BCUT2D eigenvalue weighted by atomic mass is 10.0. The van der Waals surface area contributed by atoms with Crippen LogP contribution in [-0.4, -0.2) is 19.0 Å². The van der Waals surface area contributed by atoms with Crippen LogP contribution in [0.2, 0.25) is 0 Å². The van der Waals surface area contributed by atoms with E-state index in [-0.39, 0.29) is 30.3 Å². The maximum Gasteiger partial charge on any atom is 0.224 e. The molecule has 0 spiro atoms.